The molecule has 4 nitrogen and oxygen atoms in total. The van der Waals surface area contributed by atoms with Gasteiger partial charge in [0, 0.05) is 6.54 Å². The zero-order valence-electron chi connectivity index (χ0n) is 11.8. The second kappa shape index (κ2) is 6.09. The van der Waals surface area contributed by atoms with Crippen LogP contribution in [-0.2, 0) is 9.84 Å². The topological polar surface area (TPSA) is 50.5 Å². The van der Waals surface area contributed by atoms with Gasteiger partial charge in [-0.3, -0.25) is 4.90 Å². The zero-order chi connectivity index (χ0) is 13.9. The van der Waals surface area contributed by atoms with Gasteiger partial charge >= 0.3 is 0 Å². The van der Waals surface area contributed by atoms with Crippen molar-refractivity contribution in [3.05, 3.63) is 23.7 Å². The van der Waals surface area contributed by atoms with Crippen LogP contribution in [0.5, 0.6) is 0 Å². The number of nitrogens with zero attached hydrogens (tertiary/aromatic N) is 1. The Balaban J connectivity index is 2.12. The Morgan fingerprint density at radius 3 is 2.79 bits per heavy atom. The molecule has 5 heteroatoms. The fraction of sp³-hybridized carbons (Fsp3) is 0.714. The van der Waals surface area contributed by atoms with Gasteiger partial charge in [-0.2, -0.15) is 0 Å². The van der Waals surface area contributed by atoms with E-state index in [9.17, 15) is 8.42 Å². The van der Waals surface area contributed by atoms with Gasteiger partial charge < -0.3 is 4.42 Å². The third-order valence-electron chi connectivity index (χ3n) is 3.68. The molecule has 0 aromatic carbocycles. The van der Waals surface area contributed by atoms with Gasteiger partial charge in [0.25, 0.3) is 0 Å². The Bertz CT molecular complexity index is 507. The van der Waals surface area contributed by atoms with Crippen LogP contribution in [0.25, 0.3) is 0 Å². The van der Waals surface area contributed by atoms with Gasteiger partial charge in [-0.25, -0.2) is 8.42 Å². The third-order valence-corrected chi connectivity index (χ3v) is 5.31. The monoisotopic (exact) mass is 285 g/mol. The number of hydrogen-bond acceptors (Lipinski definition) is 4. The van der Waals surface area contributed by atoms with Crippen molar-refractivity contribution in [2.75, 3.05) is 24.6 Å². The Morgan fingerprint density at radius 1 is 1.37 bits per heavy atom. The Morgan fingerprint density at radius 2 is 2.16 bits per heavy atom. The van der Waals surface area contributed by atoms with Crippen molar-refractivity contribution in [1.29, 1.82) is 0 Å². The van der Waals surface area contributed by atoms with Crippen LogP contribution in [0.15, 0.2) is 16.5 Å². The van der Waals surface area contributed by atoms with Gasteiger partial charge in [0.15, 0.2) is 9.84 Å². The second-order valence-corrected chi connectivity index (χ2v) is 7.55. The Hall–Kier alpha value is -0.810. The van der Waals surface area contributed by atoms with Gasteiger partial charge in [0.1, 0.15) is 11.5 Å². The first-order valence-corrected chi connectivity index (χ1v) is 8.85. The van der Waals surface area contributed by atoms with Crippen molar-refractivity contribution in [2.24, 2.45) is 0 Å². The van der Waals surface area contributed by atoms with E-state index in [-0.39, 0.29) is 17.5 Å². The highest BCUT2D eigenvalue weighted by atomic mass is 32.2. The molecule has 0 aliphatic carbocycles. The van der Waals surface area contributed by atoms with E-state index in [0.717, 1.165) is 24.5 Å². The molecule has 0 spiro atoms. The van der Waals surface area contributed by atoms with Crippen LogP contribution in [0.1, 0.15) is 43.7 Å². The van der Waals surface area contributed by atoms with Crippen molar-refractivity contribution >= 4 is 9.84 Å². The molecule has 1 fully saturated rings. The SMILES string of the molecule is CCCCCN1CCS(=O)(=O)CC1c1ccc(C)o1. The summed E-state index contributed by atoms with van der Waals surface area (Å²) < 4.78 is 29.3. The molecule has 1 aliphatic rings. The molecule has 0 bridgehead atoms. The number of aryl methyl sites for hydroxylation is 1. The van der Waals surface area contributed by atoms with Crippen molar-refractivity contribution in [3.63, 3.8) is 0 Å². The maximum absolute atomic E-state index is 11.8. The average Bonchev–Trinajstić information content (AvgIpc) is 2.77. The molecular weight excluding hydrogens is 262 g/mol. The number of unbranched alkanes of at least 4 members (excludes halogenated alkanes) is 2. The number of furan rings is 1. The normalized spacial score (nSPS) is 23.6. The van der Waals surface area contributed by atoms with E-state index >= 15 is 0 Å². The Labute approximate surface area is 115 Å². The molecule has 0 amide bonds. The maximum atomic E-state index is 11.8. The highest BCUT2D eigenvalue weighted by Crippen LogP contribution is 2.28. The third kappa shape index (κ3) is 3.83. The number of rotatable bonds is 5. The minimum absolute atomic E-state index is 0.107. The zero-order valence-corrected chi connectivity index (χ0v) is 12.6. The second-order valence-electron chi connectivity index (χ2n) is 5.32. The predicted molar refractivity (Wildman–Crippen MR) is 75.9 cm³/mol. The highest BCUT2D eigenvalue weighted by Gasteiger charge is 2.33. The van der Waals surface area contributed by atoms with E-state index in [1.807, 2.05) is 19.1 Å². The van der Waals surface area contributed by atoms with Gasteiger partial charge in [-0.05, 0) is 32.0 Å². The lowest BCUT2D eigenvalue weighted by Crippen LogP contribution is -2.43. The van der Waals surface area contributed by atoms with E-state index in [1.165, 1.54) is 12.8 Å². The summed E-state index contributed by atoms with van der Waals surface area (Å²) in [6, 6.07) is 3.71. The fourth-order valence-electron chi connectivity index (χ4n) is 2.57. The first-order chi connectivity index (χ1) is 9.02. The van der Waals surface area contributed by atoms with E-state index < -0.39 is 9.84 Å². The van der Waals surface area contributed by atoms with Gasteiger partial charge in [-0.15, -0.1) is 0 Å². The molecule has 1 aromatic rings. The smallest absolute Gasteiger partial charge is 0.153 e. The molecule has 108 valence electrons. The first-order valence-electron chi connectivity index (χ1n) is 7.02. The summed E-state index contributed by atoms with van der Waals surface area (Å²) >= 11 is 0. The quantitative estimate of drug-likeness (QED) is 0.780. The molecule has 1 aliphatic heterocycles. The van der Waals surface area contributed by atoms with Crippen molar-refractivity contribution in [3.8, 4) is 0 Å². The maximum Gasteiger partial charge on any atom is 0.153 e. The molecule has 1 saturated heterocycles. The fourth-order valence-corrected chi connectivity index (χ4v) is 4.10. The molecule has 0 radical (unpaired) electrons. The predicted octanol–water partition coefficient (Wildman–Crippen LogP) is 2.55. The van der Waals surface area contributed by atoms with Gasteiger partial charge in [0.05, 0.1) is 17.5 Å². The largest absolute Gasteiger partial charge is 0.465 e. The summed E-state index contributed by atoms with van der Waals surface area (Å²) in [5.41, 5.74) is 0. The van der Waals surface area contributed by atoms with Gasteiger partial charge in [0.2, 0.25) is 0 Å². The summed E-state index contributed by atoms with van der Waals surface area (Å²) in [7, 11) is -2.94. The summed E-state index contributed by atoms with van der Waals surface area (Å²) in [5, 5.41) is 0. The lowest BCUT2D eigenvalue weighted by atomic mass is 10.1. The number of sulfone groups is 1. The van der Waals surface area contributed by atoms with Crippen LogP contribution in [0.3, 0.4) is 0 Å². The molecule has 0 saturated carbocycles. The van der Waals surface area contributed by atoms with Crippen LogP contribution in [0.2, 0.25) is 0 Å². The molecule has 2 rings (SSSR count). The van der Waals surface area contributed by atoms with Crippen molar-refractivity contribution in [1.82, 2.24) is 4.90 Å². The molecule has 1 atom stereocenters. The summed E-state index contributed by atoms with van der Waals surface area (Å²) in [6.07, 6.45) is 3.48. The summed E-state index contributed by atoms with van der Waals surface area (Å²) in [5.74, 6) is 2.09. The average molecular weight is 285 g/mol. The molecule has 0 N–H and O–H groups in total. The first kappa shape index (κ1) is 14.6. The lowest BCUT2D eigenvalue weighted by molar-refractivity contribution is 0.187. The minimum Gasteiger partial charge on any atom is -0.465 e. The summed E-state index contributed by atoms with van der Waals surface area (Å²) in [6.45, 7) is 5.64. The van der Waals surface area contributed by atoms with Crippen LogP contribution in [0, 0.1) is 6.92 Å². The van der Waals surface area contributed by atoms with E-state index in [2.05, 4.69) is 11.8 Å². The lowest BCUT2D eigenvalue weighted by Gasteiger charge is -2.34. The van der Waals surface area contributed by atoms with E-state index in [4.69, 9.17) is 4.42 Å². The molecule has 1 unspecified atom stereocenters. The van der Waals surface area contributed by atoms with Gasteiger partial charge in [-0.1, -0.05) is 19.8 Å². The minimum atomic E-state index is -2.94. The number of hydrogen-bond donors (Lipinski definition) is 0. The van der Waals surface area contributed by atoms with Crippen LogP contribution < -0.4 is 0 Å². The standard InChI is InChI=1S/C14H23NO3S/c1-3-4-5-8-15-9-10-19(16,17)11-13(15)14-7-6-12(2)18-14/h6-7,13H,3-5,8-11H2,1-2H3. The molecular formula is C14H23NO3S. The van der Waals surface area contributed by atoms with Crippen LogP contribution in [-0.4, -0.2) is 37.9 Å². The molecule has 19 heavy (non-hydrogen) atoms. The van der Waals surface area contributed by atoms with Crippen LogP contribution >= 0.6 is 0 Å². The molecule has 2 heterocycles. The molecule has 1 aromatic heterocycles. The highest BCUT2D eigenvalue weighted by molar-refractivity contribution is 7.91. The summed E-state index contributed by atoms with van der Waals surface area (Å²) in [4.78, 5) is 2.26. The van der Waals surface area contributed by atoms with E-state index in [1.54, 1.807) is 0 Å². The van der Waals surface area contributed by atoms with Crippen molar-refractivity contribution < 1.29 is 12.8 Å². The Kier molecular flexibility index (Phi) is 4.68. The van der Waals surface area contributed by atoms with Crippen LogP contribution in [0.4, 0.5) is 0 Å². The van der Waals surface area contributed by atoms with E-state index in [0.29, 0.717) is 6.54 Å². The van der Waals surface area contributed by atoms with Crippen molar-refractivity contribution in [2.45, 2.75) is 39.2 Å².